The van der Waals surface area contributed by atoms with Crippen LogP contribution in [0.1, 0.15) is 42.1 Å². The molecule has 2 fully saturated rings. The van der Waals surface area contributed by atoms with Crippen LogP contribution in [0.25, 0.3) is 0 Å². The molecule has 24 heavy (non-hydrogen) atoms. The van der Waals surface area contributed by atoms with Crippen molar-refractivity contribution in [3.63, 3.8) is 0 Å². The van der Waals surface area contributed by atoms with Crippen LogP contribution in [-0.4, -0.2) is 53.8 Å². The second-order valence-corrected chi connectivity index (χ2v) is 7.16. The second-order valence-electron chi connectivity index (χ2n) is 7.16. The maximum atomic E-state index is 11.4. The van der Waals surface area contributed by atoms with Gasteiger partial charge in [-0.05, 0) is 55.8 Å². The number of carbonyl (C=O) groups is 2. The fourth-order valence-corrected chi connectivity index (χ4v) is 4.09. The molecule has 0 aromatic heterocycles. The lowest BCUT2D eigenvalue weighted by Gasteiger charge is -2.36. The first kappa shape index (κ1) is 17.0. The van der Waals surface area contributed by atoms with E-state index in [0.717, 1.165) is 45.4 Å². The number of likely N-dealkylation sites (tertiary alicyclic amines) is 2. The van der Waals surface area contributed by atoms with Gasteiger partial charge in [0, 0.05) is 38.2 Å². The minimum Gasteiger partial charge on any atom is -0.366 e. The lowest BCUT2D eigenvalue weighted by molar-refractivity contribution is -0.130. The van der Waals surface area contributed by atoms with Gasteiger partial charge in [0.1, 0.15) is 0 Å². The molecular formula is C19H27N3O2. The van der Waals surface area contributed by atoms with Crippen molar-refractivity contribution in [1.29, 1.82) is 0 Å². The van der Waals surface area contributed by atoms with Crippen LogP contribution in [0, 0.1) is 5.92 Å². The van der Waals surface area contributed by atoms with Crippen molar-refractivity contribution in [2.75, 3.05) is 26.2 Å². The molecule has 2 amide bonds. The van der Waals surface area contributed by atoms with Crippen LogP contribution >= 0.6 is 0 Å². The third kappa shape index (κ3) is 3.96. The normalized spacial score (nSPS) is 22.7. The molecule has 5 nitrogen and oxygen atoms in total. The number of hydrogen-bond acceptors (Lipinski definition) is 3. The van der Waals surface area contributed by atoms with E-state index in [0.29, 0.717) is 17.5 Å². The summed E-state index contributed by atoms with van der Waals surface area (Å²) < 4.78 is 0. The molecule has 2 aliphatic rings. The summed E-state index contributed by atoms with van der Waals surface area (Å²) in [7, 11) is 0. The summed E-state index contributed by atoms with van der Waals surface area (Å²) >= 11 is 0. The summed E-state index contributed by atoms with van der Waals surface area (Å²) in [6, 6.07) is 8.31. The van der Waals surface area contributed by atoms with Crippen LogP contribution in [0.15, 0.2) is 24.3 Å². The van der Waals surface area contributed by atoms with Crippen LogP contribution in [-0.2, 0) is 11.2 Å². The van der Waals surface area contributed by atoms with Crippen molar-refractivity contribution in [1.82, 2.24) is 9.80 Å². The minimum absolute atomic E-state index is 0.196. The largest absolute Gasteiger partial charge is 0.366 e. The summed E-state index contributed by atoms with van der Waals surface area (Å²) in [5.41, 5.74) is 7.16. The number of carbonyl (C=O) groups excluding carboxylic acids is 2. The van der Waals surface area contributed by atoms with Gasteiger partial charge in [-0.15, -0.1) is 0 Å². The fraction of sp³-hybridized carbons (Fsp3) is 0.579. The van der Waals surface area contributed by atoms with Gasteiger partial charge in [0.25, 0.3) is 0 Å². The van der Waals surface area contributed by atoms with Crippen molar-refractivity contribution in [3.8, 4) is 0 Å². The minimum atomic E-state index is -0.359. The SMILES string of the molecule is CC(=O)N1CCC(N2CCC(Cc3cccc(C(N)=O)c3)C2)CC1. The summed E-state index contributed by atoms with van der Waals surface area (Å²) in [6.45, 7) is 5.70. The van der Waals surface area contributed by atoms with Gasteiger partial charge in [-0.2, -0.15) is 0 Å². The molecule has 1 aromatic carbocycles. The first-order valence-corrected chi connectivity index (χ1v) is 8.91. The Morgan fingerprint density at radius 1 is 1.17 bits per heavy atom. The summed E-state index contributed by atoms with van der Waals surface area (Å²) in [6.07, 6.45) is 4.38. The highest BCUT2D eigenvalue weighted by Crippen LogP contribution is 2.26. The molecule has 0 spiro atoms. The third-order valence-corrected chi connectivity index (χ3v) is 5.48. The Balaban J connectivity index is 1.52. The average Bonchev–Trinajstić information content (AvgIpc) is 3.03. The predicted molar refractivity (Wildman–Crippen MR) is 93.6 cm³/mol. The van der Waals surface area contributed by atoms with Crippen molar-refractivity contribution >= 4 is 11.8 Å². The van der Waals surface area contributed by atoms with Crippen molar-refractivity contribution in [3.05, 3.63) is 35.4 Å². The third-order valence-electron chi connectivity index (χ3n) is 5.48. The molecule has 1 atom stereocenters. The maximum Gasteiger partial charge on any atom is 0.248 e. The molecule has 2 aliphatic heterocycles. The lowest BCUT2D eigenvalue weighted by Crippen LogP contribution is -2.45. The Hall–Kier alpha value is -1.88. The number of nitrogens with two attached hydrogens (primary N) is 1. The van der Waals surface area contributed by atoms with Gasteiger partial charge in [0.15, 0.2) is 0 Å². The van der Waals surface area contributed by atoms with E-state index < -0.39 is 0 Å². The van der Waals surface area contributed by atoms with Gasteiger partial charge in [-0.3, -0.25) is 14.5 Å². The Morgan fingerprint density at radius 3 is 2.58 bits per heavy atom. The maximum absolute atomic E-state index is 11.4. The Labute approximate surface area is 143 Å². The highest BCUT2D eigenvalue weighted by atomic mass is 16.2. The van der Waals surface area contributed by atoms with E-state index in [9.17, 15) is 9.59 Å². The first-order chi connectivity index (χ1) is 11.5. The molecule has 5 heteroatoms. The molecule has 2 N–H and O–H groups in total. The molecule has 1 aromatic rings. The van der Waals surface area contributed by atoms with Crippen LogP contribution < -0.4 is 5.73 Å². The molecule has 2 saturated heterocycles. The topological polar surface area (TPSA) is 66.6 Å². The van der Waals surface area contributed by atoms with E-state index in [1.54, 1.807) is 13.0 Å². The molecule has 0 radical (unpaired) electrons. The van der Waals surface area contributed by atoms with Gasteiger partial charge >= 0.3 is 0 Å². The Bertz CT molecular complexity index is 608. The number of primary amides is 1. The summed E-state index contributed by atoms with van der Waals surface area (Å²) in [5, 5.41) is 0. The van der Waals surface area contributed by atoms with E-state index in [2.05, 4.69) is 11.0 Å². The van der Waals surface area contributed by atoms with E-state index in [1.165, 1.54) is 12.0 Å². The number of nitrogens with zero attached hydrogens (tertiary/aromatic N) is 2. The number of amides is 2. The first-order valence-electron chi connectivity index (χ1n) is 8.91. The standard InChI is InChI=1S/C19H27N3O2/c1-14(23)21-9-6-18(7-10-21)22-8-5-16(13-22)11-15-3-2-4-17(12-15)19(20)24/h2-4,12,16,18H,5-11,13H2,1H3,(H2,20,24). The van der Waals surface area contributed by atoms with Crippen LogP contribution in [0.2, 0.25) is 0 Å². The molecule has 1 unspecified atom stereocenters. The van der Waals surface area contributed by atoms with Crippen LogP contribution in [0.5, 0.6) is 0 Å². The second kappa shape index (κ2) is 7.34. The monoisotopic (exact) mass is 329 g/mol. The highest BCUT2D eigenvalue weighted by Gasteiger charge is 2.31. The van der Waals surface area contributed by atoms with E-state index in [-0.39, 0.29) is 11.8 Å². The Morgan fingerprint density at radius 2 is 1.92 bits per heavy atom. The molecule has 0 bridgehead atoms. The van der Waals surface area contributed by atoms with Gasteiger partial charge in [-0.25, -0.2) is 0 Å². The molecular weight excluding hydrogens is 302 g/mol. The molecule has 3 rings (SSSR count). The number of piperidine rings is 1. The number of benzene rings is 1. The number of hydrogen-bond donors (Lipinski definition) is 1. The number of rotatable bonds is 4. The van der Waals surface area contributed by atoms with Gasteiger partial charge in [0.05, 0.1) is 0 Å². The molecule has 0 aliphatic carbocycles. The highest BCUT2D eigenvalue weighted by molar-refractivity contribution is 5.92. The zero-order valence-corrected chi connectivity index (χ0v) is 14.4. The Kier molecular flexibility index (Phi) is 5.19. The smallest absolute Gasteiger partial charge is 0.248 e. The van der Waals surface area contributed by atoms with Crippen molar-refractivity contribution in [2.24, 2.45) is 11.7 Å². The zero-order chi connectivity index (χ0) is 17.1. The van der Waals surface area contributed by atoms with E-state index in [4.69, 9.17) is 5.73 Å². The molecule has 2 heterocycles. The van der Waals surface area contributed by atoms with Gasteiger partial charge in [0.2, 0.25) is 11.8 Å². The molecule has 130 valence electrons. The zero-order valence-electron chi connectivity index (χ0n) is 14.4. The van der Waals surface area contributed by atoms with E-state index in [1.807, 2.05) is 17.0 Å². The lowest BCUT2D eigenvalue weighted by atomic mass is 9.97. The van der Waals surface area contributed by atoms with Crippen molar-refractivity contribution < 1.29 is 9.59 Å². The van der Waals surface area contributed by atoms with Crippen LogP contribution in [0.3, 0.4) is 0 Å². The summed E-state index contributed by atoms with van der Waals surface area (Å²) in [4.78, 5) is 27.3. The quantitative estimate of drug-likeness (QED) is 0.913. The van der Waals surface area contributed by atoms with E-state index >= 15 is 0 Å². The van der Waals surface area contributed by atoms with Gasteiger partial charge in [-0.1, -0.05) is 12.1 Å². The van der Waals surface area contributed by atoms with Gasteiger partial charge < -0.3 is 10.6 Å². The predicted octanol–water partition coefficient (Wildman–Crippen LogP) is 1.66. The van der Waals surface area contributed by atoms with Crippen LogP contribution in [0.4, 0.5) is 0 Å². The fourth-order valence-electron chi connectivity index (χ4n) is 4.09. The average molecular weight is 329 g/mol. The molecule has 0 saturated carbocycles. The summed E-state index contributed by atoms with van der Waals surface area (Å²) in [5.74, 6) is 0.475. The van der Waals surface area contributed by atoms with Crippen molar-refractivity contribution in [2.45, 2.75) is 38.6 Å².